The molecule has 200 valence electrons. The van der Waals surface area contributed by atoms with Crippen molar-refractivity contribution < 1.29 is 39.9 Å². The Morgan fingerprint density at radius 1 is 1.11 bits per heavy atom. The average Bonchev–Trinajstić information content (AvgIpc) is 2.87. The number of ketones is 2. The second-order valence-corrected chi connectivity index (χ2v) is 11.4. The summed E-state index contributed by atoms with van der Waals surface area (Å²) in [7, 11) is 0. The quantitative estimate of drug-likeness (QED) is 0.334. The van der Waals surface area contributed by atoms with Gasteiger partial charge >= 0.3 is 0 Å². The van der Waals surface area contributed by atoms with E-state index in [0.29, 0.717) is 12.0 Å². The number of benzene rings is 1. The number of nitrogens with one attached hydrogen (secondary N) is 1. The smallest absolute Gasteiger partial charge is 0.258 e. The Labute approximate surface area is 215 Å². The first-order valence-corrected chi connectivity index (χ1v) is 13.2. The first-order valence-electron chi connectivity index (χ1n) is 13.2. The largest absolute Gasteiger partial charge is 0.508 e. The molecule has 7 atom stereocenters. The third-order valence-electron chi connectivity index (χ3n) is 9.66. The first-order chi connectivity index (χ1) is 17.5. The third kappa shape index (κ3) is 3.58. The fourth-order valence-corrected chi connectivity index (χ4v) is 7.51. The van der Waals surface area contributed by atoms with Crippen LogP contribution in [0.1, 0.15) is 80.6 Å². The van der Waals surface area contributed by atoms with Crippen LogP contribution in [-0.2, 0) is 9.59 Å². The van der Waals surface area contributed by atoms with E-state index in [-0.39, 0.29) is 11.3 Å². The Kier molecular flexibility index (Phi) is 6.24. The molecule has 9 nitrogen and oxygen atoms in total. The summed E-state index contributed by atoms with van der Waals surface area (Å²) < 4.78 is 0. The third-order valence-corrected chi connectivity index (χ3v) is 9.66. The summed E-state index contributed by atoms with van der Waals surface area (Å²) in [5.41, 5.74) is -3.26. The molecule has 0 spiro atoms. The van der Waals surface area contributed by atoms with Crippen LogP contribution in [0.5, 0.6) is 5.75 Å². The van der Waals surface area contributed by atoms with Gasteiger partial charge < -0.3 is 30.8 Å². The number of aliphatic hydroxyl groups is 4. The van der Waals surface area contributed by atoms with Crippen LogP contribution in [0.2, 0.25) is 0 Å². The van der Waals surface area contributed by atoms with Crippen molar-refractivity contribution in [1.29, 1.82) is 0 Å². The molecular formula is C28H35NO8. The Morgan fingerprint density at radius 2 is 1.78 bits per heavy atom. The summed E-state index contributed by atoms with van der Waals surface area (Å²) in [4.78, 5) is 40.1. The van der Waals surface area contributed by atoms with Gasteiger partial charge in [0, 0.05) is 23.8 Å². The van der Waals surface area contributed by atoms with Crippen LogP contribution in [-0.4, -0.2) is 66.4 Å². The summed E-state index contributed by atoms with van der Waals surface area (Å²) in [5.74, 6) is -7.58. The van der Waals surface area contributed by atoms with E-state index >= 15 is 0 Å². The van der Waals surface area contributed by atoms with E-state index in [1.54, 1.807) is 19.1 Å². The number of aliphatic hydroxyl groups excluding tert-OH is 3. The maximum absolute atomic E-state index is 13.5. The van der Waals surface area contributed by atoms with Gasteiger partial charge in [-0.2, -0.15) is 0 Å². The van der Waals surface area contributed by atoms with Gasteiger partial charge in [-0.15, -0.1) is 0 Å². The molecule has 9 heteroatoms. The molecule has 1 aromatic rings. The molecule has 1 aromatic carbocycles. The molecular weight excluding hydrogens is 478 g/mol. The van der Waals surface area contributed by atoms with E-state index in [9.17, 15) is 39.9 Å². The molecule has 0 radical (unpaired) electrons. The van der Waals surface area contributed by atoms with Gasteiger partial charge in [0.25, 0.3) is 5.91 Å². The van der Waals surface area contributed by atoms with Crippen molar-refractivity contribution in [1.82, 2.24) is 5.32 Å². The number of amides is 1. The average molecular weight is 514 g/mol. The minimum absolute atomic E-state index is 0.0000535. The highest BCUT2D eigenvalue weighted by molar-refractivity contribution is 6.20. The second-order valence-electron chi connectivity index (χ2n) is 11.4. The molecule has 2 fully saturated rings. The van der Waals surface area contributed by atoms with Gasteiger partial charge in [-0.25, -0.2) is 0 Å². The number of Topliss-reactive ketones (excluding diaryl/α,β-unsaturated/α-hetero) is 2. The fraction of sp³-hybridized carbons (Fsp3) is 0.607. The predicted octanol–water partition coefficient (Wildman–Crippen LogP) is 2.02. The Bertz CT molecular complexity index is 1180. The molecule has 2 unspecified atom stereocenters. The number of carbonyl (C=O) groups excluding carboxylic acids is 3. The van der Waals surface area contributed by atoms with Gasteiger partial charge in [0.1, 0.15) is 23.2 Å². The first kappa shape index (κ1) is 25.9. The highest BCUT2D eigenvalue weighted by Gasteiger charge is 2.67. The number of rotatable bonds is 3. The van der Waals surface area contributed by atoms with Crippen molar-refractivity contribution in [2.45, 2.75) is 88.1 Å². The minimum atomic E-state index is -2.59. The molecule has 4 aliphatic carbocycles. The summed E-state index contributed by atoms with van der Waals surface area (Å²) in [6.45, 7) is 3.69. The number of phenolic OH excluding ortho intramolecular Hbond substituents is 1. The van der Waals surface area contributed by atoms with Gasteiger partial charge in [-0.3, -0.25) is 14.4 Å². The van der Waals surface area contributed by atoms with Crippen molar-refractivity contribution in [3.63, 3.8) is 0 Å². The predicted molar refractivity (Wildman–Crippen MR) is 132 cm³/mol. The van der Waals surface area contributed by atoms with Crippen molar-refractivity contribution >= 4 is 17.5 Å². The molecule has 2 saturated carbocycles. The SMILES string of the molecule is CCC1(NC(=O)C2=C(O)[C@@]3(O)C(O)C4C(=O)c5c(O)cccc5[C@H](C)[C@H]4[C@H](O)[C@H]3CC2=O)CCCCC1. The second kappa shape index (κ2) is 8.92. The van der Waals surface area contributed by atoms with E-state index in [1.165, 1.54) is 6.07 Å². The van der Waals surface area contributed by atoms with Crippen LogP contribution in [0.3, 0.4) is 0 Å². The van der Waals surface area contributed by atoms with Crippen LogP contribution in [0.25, 0.3) is 0 Å². The monoisotopic (exact) mass is 513 g/mol. The molecule has 0 saturated heterocycles. The maximum atomic E-state index is 13.5. The van der Waals surface area contributed by atoms with Crippen molar-refractivity contribution in [3.8, 4) is 5.75 Å². The van der Waals surface area contributed by atoms with E-state index in [1.807, 2.05) is 6.92 Å². The lowest BCUT2D eigenvalue weighted by Crippen LogP contribution is -2.69. The van der Waals surface area contributed by atoms with Crippen molar-refractivity contribution in [2.75, 3.05) is 0 Å². The number of phenols is 1. The van der Waals surface area contributed by atoms with Crippen LogP contribution < -0.4 is 5.32 Å². The normalized spacial score (nSPS) is 36.9. The lowest BCUT2D eigenvalue weighted by molar-refractivity contribution is -0.209. The molecule has 0 heterocycles. The van der Waals surface area contributed by atoms with E-state index < -0.39 is 82.2 Å². The summed E-state index contributed by atoms with van der Waals surface area (Å²) in [6.07, 6.45) is 1.14. The summed E-state index contributed by atoms with van der Waals surface area (Å²) in [5, 5.41) is 59.2. The molecule has 37 heavy (non-hydrogen) atoms. The molecule has 0 aliphatic heterocycles. The number of carbonyl (C=O) groups is 3. The van der Waals surface area contributed by atoms with Crippen LogP contribution in [0, 0.1) is 17.8 Å². The van der Waals surface area contributed by atoms with Crippen LogP contribution >= 0.6 is 0 Å². The topological polar surface area (TPSA) is 164 Å². The van der Waals surface area contributed by atoms with E-state index in [2.05, 4.69) is 5.32 Å². The molecule has 0 bridgehead atoms. The highest BCUT2D eigenvalue weighted by atomic mass is 16.4. The molecule has 1 amide bonds. The lowest BCUT2D eigenvalue weighted by atomic mass is 9.51. The van der Waals surface area contributed by atoms with Gasteiger partial charge in [-0.1, -0.05) is 45.2 Å². The summed E-state index contributed by atoms with van der Waals surface area (Å²) >= 11 is 0. The number of hydrogen-bond acceptors (Lipinski definition) is 8. The zero-order chi connectivity index (χ0) is 26.9. The van der Waals surface area contributed by atoms with E-state index in [4.69, 9.17) is 0 Å². The number of hydrogen-bond donors (Lipinski definition) is 6. The zero-order valence-corrected chi connectivity index (χ0v) is 21.1. The van der Waals surface area contributed by atoms with Gasteiger partial charge in [0.15, 0.2) is 17.2 Å². The molecule has 0 aromatic heterocycles. The number of fused-ring (bicyclic) bond motifs is 3. The fourth-order valence-electron chi connectivity index (χ4n) is 7.51. The molecule has 6 N–H and O–H groups in total. The van der Waals surface area contributed by atoms with Crippen molar-refractivity contribution in [3.05, 3.63) is 40.7 Å². The van der Waals surface area contributed by atoms with Gasteiger partial charge in [0.05, 0.1) is 17.6 Å². The van der Waals surface area contributed by atoms with Gasteiger partial charge in [-0.05, 0) is 36.8 Å². The Hall–Kier alpha value is -2.75. The van der Waals surface area contributed by atoms with Crippen molar-refractivity contribution in [2.24, 2.45) is 17.8 Å². The van der Waals surface area contributed by atoms with Crippen LogP contribution in [0.4, 0.5) is 0 Å². The van der Waals surface area contributed by atoms with Crippen LogP contribution in [0.15, 0.2) is 29.5 Å². The standard InChI is InChI=1S/C28H35NO8/c1-3-27(10-5-4-6-11-27)29-26(36)20-17(31)12-15-22(32)18-13(2)14-8-7-9-16(30)19(14)23(33)21(18)25(35)28(15,37)24(20)34/h7-9,13,15,18,21-22,25,30,32,34-35,37H,3-6,10-12H2,1-2H3,(H,29,36)/t13-,15+,18+,21?,22+,25?,28+/m0/s1. The Balaban J connectivity index is 1.57. The minimum Gasteiger partial charge on any atom is -0.508 e. The zero-order valence-electron chi connectivity index (χ0n) is 21.1. The Morgan fingerprint density at radius 3 is 2.43 bits per heavy atom. The highest BCUT2D eigenvalue weighted by Crippen LogP contribution is 2.56. The molecule has 4 aliphatic rings. The lowest BCUT2D eigenvalue weighted by Gasteiger charge is -2.56. The van der Waals surface area contributed by atoms with E-state index in [0.717, 1.165) is 32.1 Å². The number of aromatic hydroxyl groups is 1. The molecule has 5 rings (SSSR count). The maximum Gasteiger partial charge on any atom is 0.258 e. The van der Waals surface area contributed by atoms with Gasteiger partial charge in [0.2, 0.25) is 0 Å². The summed E-state index contributed by atoms with van der Waals surface area (Å²) in [6, 6.07) is 4.59.